The molecule has 1 unspecified atom stereocenters. The molecular formula is C27H27N3O3. The molecule has 3 aromatic carbocycles. The summed E-state index contributed by atoms with van der Waals surface area (Å²) >= 11 is 0. The zero-order valence-corrected chi connectivity index (χ0v) is 18.6. The number of benzene rings is 3. The van der Waals surface area contributed by atoms with Gasteiger partial charge < -0.3 is 9.64 Å². The summed E-state index contributed by atoms with van der Waals surface area (Å²) in [5.41, 5.74) is 6.36. The maximum atomic E-state index is 12.6. The number of amides is 2. The molecule has 0 saturated carbocycles. The quantitative estimate of drug-likeness (QED) is 0.422. The Bertz CT molecular complexity index is 1110. The molecule has 0 aliphatic carbocycles. The smallest absolute Gasteiger partial charge is 0.245 e. The molecule has 4 rings (SSSR count). The molecule has 6 heteroatoms. The number of hydrogen-bond donors (Lipinski definition) is 1. The molecule has 2 amide bonds. The zero-order valence-electron chi connectivity index (χ0n) is 18.6. The summed E-state index contributed by atoms with van der Waals surface area (Å²) in [4.78, 5) is 26.6. The highest BCUT2D eigenvalue weighted by atomic mass is 16.5. The third-order valence-corrected chi connectivity index (χ3v) is 5.66. The Kier molecular flexibility index (Phi) is 7.15. The van der Waals surface area contributed by atoms with E-state index in [-0.39, 0.29) is 18.2 Å². The first kappa shape index (κ1) is 22.3. The summed E-state index contributed by atoms with van der Waals surface area (Å²) in [6, 6.07) is 27.4. The van der Waals surface area contributed by atoms with Gasteiger partial charge in [-0.3, -0.25) is 9.59 Å². The van der Waals surface area contributed by atoms with Gasteiger partial charge in [0.1, 0.15) is 12.4 Å². The third-order valence-electron chi connectivity index (χ3n) is 5.66. The summed E-state index contributed by atoms with van der Waals surface area (Å²) in [5, 5.41) is 4.24. The van der Waals surface area contributed by atoms with Gasteiger partial charge in [0.2, 0.25) is 11.8 Å². The number of rotatable bonds is 8. The van der Waals surface area contributed by atoms with Gasteiger partial charge in [0.25, 0.3) is 0 Å². The molecule has 1 N–H and O–H groups in total. The first-order chi connectivity index (χ1) is 16.1. The Morgan fingerprint density at radius 1 is 0.970 bits per heavy atom. The molecule has 0 radical (unpaired) electrons. The average Bonchev–Trinajstić information content (AvgIpc) is 3.22. The highest BCUT2D eigenvalue weighted by molar-refractivity contribution is 5.99. The number of hydrogen-bond acceptors (Lipinski definition) is 4. The normalized spacial score (nSPS) is 16.0. The molecule has 0 aromatic heterocycles. The van der Waals surface area contributed by atoms with Crippen LogP contribution in [0.25, 0.3) is 0 Å². The van der Waals surface area contributed by atoms with Gasteiger partial charge in [0, 0.05) is 19.5 Å². The van der Waals surface area contributed by atoms with Crippen LogP contribution in [0.3, 0.4) is 0 Å². The SMILES string of the molecule is CC(=NNC(=O)C1CC(=O)N(Cc2ccccc2)C1)c1ccc(OCc2ccccc2)cc1. The average molecular weight is 442 g/mol. The van der Waals surface area contributed by atoms with Crippen molar-refractivity contribution in [1.82, 2.24) is 10.3 Å². The predicted molar refractivity (Wildman–Crippen MR) is 128 cm³/mol. The Hall–Kier alpha value is -3.93. The van der Waals surface area contributed by atoms with E-state index in [1.807, 2.05) is 91.9 Å². The molecule has 1 saturated heterocycles. The van der Waals surface area contributed by atoms with E-state index in [0.29, 0.717) is 25.4 Å². The fourth-order valence-electron chi connectivity index (χ4n) is 3.73. The Morgan fingerprint density at radius 3 is 2.27 bits per heavy atom. The minimum Gasteiger partial charge on any atom is -0.489 e. The van der Waals surface area contributed by atoms with E-state index in [1.54, 1.807) is 4.90 Å². The van der Waals surface area contributed by atoms with Crippen LogP contribution < -0.4 is 10.2 Å². The van der Waals surface area contributed by atoms with Gasteiger partial charge >= 0.3 is 0 Å². The second-order valence-corrected chi connectivity index (χ2v) is 8.13. The molecule has 1 atom stereocenters. The van der Waals surface area contributed by atoms with Crippen molar-refractivity contribution in [2.75, 3.05) is 6.54 Å². The number of carbonyl (C=O) groups excluding carboxylic acids is 2. The number of likely N-dealkylation sites (tertiary alicyclic amines) is 1. The van der Waals surface area contributed by atoms with E-state index in [0.717, 1.165) is 22.4 Å². The van der Waals surface area contributed by atoms with Gasteiger partial charge in [-0.05, 0) is 47.9 Å². The van der Waals surface area contributed by atoms with Crippen LogP contribution in [0.5, 0.6) is 5.75 Å². The summed E-state index contributed by atoms with van der Waals surface area (Å²) in [7, 11) is 0. The summed E-state index contributed by atoms with van der Waals surface area (Å²) in [6.45, 7) is 3.26. The van der Waals surface area contributed by atoms with Crippen molar-refractivity contribution in [1.29, 1.82) is 0 Å². The predicted octanol–water partition coefficient (Wildman–Crippen LogP) is 4.15. The molecule has 6 nitrogen and oxygen atoms in total. The van der Waals surface area contributed by atoms with Gasteiger partial charge in [-0.1, -0.05) is 60.7 Å². The van der Waals surface area contributed by atoms with Gasteiger partial charge in [-0.15, -0.1) is 0 Å². The Labute approximate surface area is 193 Å². The van der Waals surface area contributed by atoms with Crippen LogP contribution >= 0.6 is 0 Å². The molecule has 1 aliphatic heterocycles. The maximum absolute atomic E-state index is 12.6. The number of ether oxygens (including phenoxy) is 1. The van der Waals surface area contributed by atoms with Crippen LogP contribution in [0.2, 0.25) is 0 Å². The molecule has 1 heterocycles. The second kappa shape index (κ2) is 10.6. The lowest BCUT2D eigenvalue weighted by molar-refractivity contribution is -0.129. The standard InChI is InChI=1S/C27H27N3O3/c1-20(23-12-14-25(15-13-23)33-19-22-10-6-3-7-11-22)28-29-27(32)24-16-26(31)30(18-24)17-21-8-4-2-5-9-21/h2-15,24H,16-19H2,1H3,(H,29,32). The van der Waals surface area contributed by atoms with Crippen LogP contribution in [-0.2, 0) is 22.7 Å². The van der Waals surface area contributed by atoms with Gasteiger partial charge in [-0.2, -0.15) is 5.10 Å². The van der Waals surface area contributed by atoms with E-state index in [9.17, 15) is 9.59 Å². The zero-order chi connectivity index (χ0) is 23.0. The first-order valence-corrected chi connectivity index (χ1v) is 11.0. The van der Waals surface area contributed by atoms with Crippen molar-refractivity contribution in [2.45, 2.75) is 26.5 Å². The second-order valence-electron chi connectivity index (χ2n) is 8.13. The third kappa shape index (κ3) is 6.07. The fourth-order valence-corrected chi connectivity index (χ4v) is 3.73. The Morgan fingerprint density at radius 2 is 1.61 bits per heavy atom. The molecular weight excluding hydrogens is 414 g/mol. The van der Waals surface area contributed by atoms with Gasteiger partial charge in [-0.25, -0.2) is 5.43 Å². The van der Waals surface area contributed by atoms with E-state index < -0.39 is 5.92 Å². The number of nitrogens with one attached hydrogen (secondary N) is 1. The molecule has 168 valence electrons. The minimum atomic E-state index is -0.397. The van der Waals surface area contributed by atoms with Crippen molar-refractivity contribution in [3.63, 3.8) is 0 Å². The number of carbonyl (C=O) groups is 2. The van der Waals surface area contributed by atoms with E-state index in [1.165, 1.54) is 0 Å². The summed E-state index contributed by atoms with van der Waals surface area (Å²) in [5.74, 6) is 0.126. The Balaban J connectivity index is 1.28. The van der Waals surface area contributed by atoms with Crippen LogP contribution in [0, 0.1) is 5.92 Å². The van der Waals surface area contributed by atoms with Gasteiger partial charge in [0.05, 0.1) is 11.6 Å². The topological polar surface area (TPSA) is 71.0 Å². The van der Waals surface area contributed by atoms with Crippen LogP contribution in [0.1, 0.15) is 30.0 Å². The van der Waals surface area contributed by atoms with Gasteiger partial charge in [0.15, 0.2) is 0 Å². The van der Waals surface area contributed by atoms with Crippen molar-refractivity contribution < 1.29 is 14.3 Å². The lowest BCUT2D eigenvalue weighted by Crippen LogP contribution is -2.30. The first-order valence-electron chi connectivity index (χ1n) is 11.0. The van der Waals surface area contributed by atoms with Crippen LogP contribution in [0.15, 0.2) is 90.0 Å². The number of nitrogens with zero attached hydrogens (tertiary/aromatic N) is 2. The molecule has 33 heavy (non-hydrogen) atoms. The van der Waals surface area contributed by atoms with E-state index in [2.05, 4.69) is 10.5 Å². The van der Waals surface area contributed by atoms with E-state index in [4.69, 9.17) is 4.74 Å². The lowest BCUT2D eigenvalue weighted by atomic mass is 10.1. The van der Waals surface area contributed by atoms with Crippen molar-refractivity contribution in [3.05, 3.63) is 102 Å². The van der Waals surface area contributed by atoms with Crippen LogP contribution in [-0.4, -0.2) is 29.0 Å². The van der Waals surface area contributed by atoms with Crippen molar-refractivity contribution in [3.8, 4) is 5.75 Å². The minimum absolute atomic E-state index is 0.00852. The van der Waals surface area contributed by atoms with Crippen molar-refractivity contribution in [2.24, 2.45) is 11.0 Å². The fraction of sp³-hybridized carbons (Fsp3) is 0.222. The molecule has 3 aromatic rings. The molecule has 0 bridgehead atoms. The highest BCUT2D eigenvalue weighted by Crippen LogP contribution is 2.20. The molecule has 1 aliphatic rings. The highest BCUT2D eigenvalue weighted by Gasteiger charge is 2.34. The number of hydrazone groups is 1. The largest absolute Gasteiger partial charge is 0.489 e. The van der Waals surface area contributed by atoms with Crippen LogP contribution in [0.4, 0.5) is 0 Å². The lowest BCUT2D eigenvalue weighted by Gasteiger charge is -2.16. The summed E-state index contributed by atoms with van der Waals surface area (Å²) < 4.78 is 5.81. The van der Waals surface area contributed by atoms with Crippen molar-refractivity contribution >= 4 is 17.5 Å². The molecule has 0 spiro atoms. The molecule has 1 fully saturated rings. The maximum Gasteiger partial charge on any atom is 0.245 e. The van der Waals surface area contributed by atoms with E-state index >= 15 is 0 Å². The summed E-state index contributed by atoms with van der Waals surface area (Å²) in [6.07, 6.45) is 0.209. The monoisotopic (exact) mass is 441 g/mol.